The van der Waals surface area contributed by atoms with Crippen LogP contribution >= 0.6 is 0 Å². The third-order valence-electron chi connectivity index (χ3n) is 3.35. The van der Waals surface area contributed by atoms with Gasteiger partial charge >= 0.3 is 0 Å². The Morgan fingerprint density at radius 1 is 1.14 bits per heavy atom. The van der Waals surface area contributed by atoms with E-state index >= 15 is 0 Å². The molecule has 0 heterocycles. The van der Waals surface area contributed by atoms with Gasteiger partial charge < -0.3 is 15.8 Å². The van der Waals surface area contributed by atoms with E-state index in [4.69, 9.17) is 10.5 Å². The first-order chi connectivity index (χ1) is 10.7. The van der Waals surface area contributed by atoms with Gasteiger partial charge in [0.05, 0.1) is 12.3 Å². The molecule has 4 nitrogen and oxygen atoms in total. The first-order valence-corrected chi connectivity index (χ1v) is 7.51. The topological polar surface area (TPSA) is 64.3 Å². The minimum atomic E-state index is 0.0382. The fraction of sp³-hybridized carbons (Fsp3) is 0.278. The highest BCUT2D eigenvalue weighted by Crippen LogP contribution is 2.23. The van der Waals surface area contributed by atoms with Gasteiger partial charge in [-0.1, -0.05) is 36.4 Å². The molecule has 0 spiro atoms. The van der Waals surface area contributed by atoms with Crippen molar-refractivity contribution in [3.63, 3.8) is 0 Å². The summed E-state index contributed by atoms with van der Waals surface area (Å²) in [7, 11) is 0. The highest BCUT2D eigenvalue weighted by Gasteiger charge is 2.05. The lowest BCUT2D eigenvalue weighted by atomic mass is 10.1. The molecule has 0 aliphatic heterocycles. The van der Waals surface area contributed by atoms with Crippen molar-refractivity contribution in [3.05, 3.63) is 59.7 Å². The number of rotatable bonds is 7. The van der Waals surface area contributed by atoms with Crippen molar-refractivity contribution < 1.29 is 9.53 Å². The van der Waals surface area contributed by atoms with Gasteiger partial charge in [-0.05, 0) is 36.6 Å². The molecule has 0 saturated carbocycles. The van der Waals surface area contributed by atoms with E-state index in [1.54, 1.807) is 0 Å². The molecule has 0 unspecified atom stereocenters. The maximum atomic E-state index is 11.9. The lowest BCUT2D eigenvalue weighted by Crippen LogP contribution is -2.22. The largest absolute Gasteiger partial charge is 0.492 e. The summed E-state index contributed by atoms with van der Waals surface area (Å²) in [5, 5.41) is 2.92. The summed E-state index contributed by atoms with van der Waals surface area (Å²) >= 11 is 0. The SMILES string of the molecule is CCOc1ccc(CCC(=O)NCc2ccccc2)cc1N. The molecule has 0 radical (unpaired) electrons. The molecular formula is C18H22N2O2. The summed E-state index contributed by atoms with van der Waals surface area (Å²) in [5.41, 5.74) is 8.67. The van der Waals surface area contributed by atoms with Crippen LogP contribution in [0.5, 0.6) is 5.75 Å². The van der Waals surface area contributed by atoms with Gasteiger partial charge in [0.2, 0.25) is 5.91 Å². The van der Waals surface area contributed by atoms with E-state index in [2.05, 4.69) is 5.32 Å². The monoisotopic (exact) mass is 298 g/mol. The van der Waals surface area contributed by atoms with Crippen LogP contribution in [0.4, 0.5) is 5.69 Å². The Kier molecular flexibility index (Phi) is 5.83. The number of aryl methyl sites for hydroxylation is 1. The Hall–Kier alpha value is -2.49. The minimum Gasteiger partial charge on any atom is -0.492 e. The normalized spacial score (nSPS) is 10.2. The number of hydrogen-bond donors (Lipinski definition) is 2. The zero-order valence-electron chi connectivity index (χ0n) is 12.8. The van der Waals surface area contributed by atoms with Crippen LogP contribution in [-0.4, -0.2) is 12.5 Å². The summed E-state index contributed by atoms with van der Waals surface area (Å²) in [6.07, 6.45) is 1.11. The summed E-state index contributed by atoms with van der Waals surface area (Å²) in [6, 6.07) is 15.5. The highest BCUT2D eigenvalue weighted by molar-refractivity contribution is 5.76. The van der Waals surface area contributed by atoms with Crippen molar-refractivity contribution >= 4 is 11.6 Å². The molecule has 0 aliphatic carbocycles. The number of amides is 1. The number of nitrogen functional groups attached to an aromatic ring is 1. The second-order valence-corrected chi connectivity index (χ2v) is 5.07. The predicted molar refractivity (Wildman–Crippen MR) is 88.6 cm³/mol. The van der Waals surface area contributed by atoms with Gasteiger partial charge in [-0.3, -0.25) is 4.79 Å². The van der Waals surface area contributed by atoms with Gasteiger partial charge in [0.25, 0.3) is 0 Å². The van der Waals surface area contributed by atoms with Crippen molar-refractivity contribution in [2.24, 2.45) is 0 Å². The van der Waals surface area contributed by atoms with Gasteiger partial charge in [-0.2, -0.15) is 0 Å². The number of ether oxygens (including phenoxy) is 1. The molecule has 2 aromatic rings. The maximum absolute atomic E-state index is 11.9. The quantitative estimate of drug-likeness (QED) is 0.772. The molecular weight excluding hydrogens is 276 g/mol. The maximum Gasteiger partial charge on any atom is 0.220 e. The second-order valence-electron chi connectivity index (χ2n) is 5.07. The number of nitrogens with one attached hydrogen (secondary N) is 1. The van der Waals surface area contributed by atoms with Crippen LogP contribution in [0.2, 0.25) is 0 Å². The van der Waals surface area contributed by atoms with Crippen molar-refractivity contribution in [2.45, 2.75) is 26.3 Å². The Morgan fingerprint density at radius 2 is 1.91 bits per heavy atom. The van der Waals surface area contributed by atoms with E-state index in [1.165, 1.54) is 0 Å². The number of hydrogen-bond acceptors (Lipinski definition) is 3. The van der Waals surface area contributed by atoms with Crippen LogP contribution in [-0.2, 0) is 17.8 Å². The van der Waals surface area contributed by atoms with Crippen LogP contribution in [0.25, 0.3) is 0 Å². The van der Waals surface area contributed by atoms with Crippen molar-refractivity contribution in [1.29, 1.82) is 0 Å². The Morgan fingerprint density at radius 3 is 2.59 bits per heavy atom. The van der Waals surface area contributed by atoms with E-state index < -0.39 is 0 Å². The lowest BCUT2D eigenvalue weighted by molar-refractivity contribution is -0.121. The molecule has 0 aliphatic rings. The molecule has 0 bridgehead atoms. The van der Waals surface area contributed by atoms with Crippen molar-refractivity contribution in [3.8, 4) is 5.75 Å². The van der Waals surface area contributed by atoms with E-state index in [9.17, 15) is 4.79 Å². The third-order valence-corrected chi connectivity index (χ3v) is 3.35. The molecule has 1 amide bonds. The van der Waals surface area contributed by atoms with Gasteiger partial charge in [-0.15, -0.1) is 0 Å². The molecule has 2 aromatic carbocycles. The summed E-state index contributed by atoms with van der Waals surface area (Å²) in [4.78, 5) is 11.9. The minimum absolute atomic E-state index is 0.0382. The van der Waals surface area contributed by atoms with Crippen LogP contribution in [0.1, 0.15) is 24.5 Å². The first kappa shape index (κ1) is 15.9. The standard InChI is InChI=1S/C18H22N2O2/c1-2-22-17-10-8-14(12-16(17)19)9-11-18(21)20-13-15-6-4-3-5-7-15/h3-8,10,12H,2,9,11,13,19H2,1H3,(H,20,21). The summed E-state index contributed by atoms with van der Waals surface area (Å²) in [6.45, 7) is 3.07. The predicted octanol–water partition coefficient (Wildman–Crippen LogP) is 2.92. The molecule has 2 rings (SSSR count). The van der Waals surface area contributed by atoms with E-state index in [-0.39, 0.29) is 5.91 Å². The van der Waals surface area contributed by atoms with E-state index in [0.29, 0.717) is 37.4 Å². The summed E-state index contributed by atoms with van der Waals surface area (Å²) in [5.74, 6) is 0.732. The van der Waals surface area contributed by atoms with Gasteiger partial charge in [0, 0.05) is 13.0 Å². The lowest BCUT2D eigenvalue weighted by Gasteiger charge is -2.09. The zero-order chi connectivity index (χ0) is 15.8. The first-order valence-electron chi connectivity index (χ1n) is 7.51. The number of anilines is 1. The van der Waals surface area contributed by atoms with Crippen molar-refractivity contribution in [2.75, 3.05) is 12.3 Å². The van der Waals surface area contributed by atoms with Crippen LogP contribution in [0.15, 0.2) is 48.5 Å². The molecule has 0 atom stereocenters. The zero-order valence-corrected chi connectivity index (χ0v) is 12.8. The third kappa shape index (κ3) is 4.81. The average Bonchev–Trinajstić information content (AvgIpc) is 2.54. The Balaban J connectivity index is 1.80. The number of carbonyl (C=O) groups excluding carboxylic acids is 1. The second kappa shape index (κ2) is 8.08. The van der Waals surface area contributed by atoms with Gasteiger partial charge in [0.15, 0.2) is 0 Å². The highest BCUT2D eigenvalue weighted by atomic mass is 16.5. The fourth-order valence-electron chi connectivity index (χ4n) is 2.18. The average molecular weight is 298 g/mol. The van der Waals surface area contributed by atoms with Crippen LogP contribution < -0.4 is 15.8 Å². The molecule has 0 saturated heterocycles. The molecule has 4 heteroatoms. The Labute approximate surface area is 131 Å². The van der Waals surface area contributed by atoms with Crippen LogP contribution in [0, 0.1) is 0 Å². The molecule has 22 heavy (non-hydrogen) atoms. The van der Waals surface area contributed by atoms with E-state index in [0.717, 1.165) is 11.1 Å². The number of benzene rings is 2. The van der Waals surface area contributed by atoms with Gasteiger partial charge in [-0.25, -0.2) is 0 Å². The molecule has 0 fully saturated rings. The molecule has 116 valence electrons. The van der Waals surface area contributed by atoms with E-state index in [1.807, 2.05) is 55.5 Å². The number of carbonyl (C=O) groups is 1. The van der Waals surface area contributed by atoms with Crippen LogP contribution in [0.3, 0.4) is 0 Å². The fourth-order valence-corrected chi connectivity index (χ4v) is 2.18. The summed E-state index contributed by atoms with van der Waals surface area (Å²) < 4.78 is 5.40. The number of nitrogens with two attached hydrogens (primary N) is 1. The van der Waals surface area contributed by atoms with Crippen molar-refractivity contribution in [1.82, 2.24) is 5.32 Å². The molecule has 3 N–H and O–H groups in total. The van der Waals surface area contributed by atoms with Gasteiger partial charge in [0.1, 0.15) is 5.75 Å². The Bertz CT molecular complexity index is 612. The smallest absolute Gasteiger partial charge is 0.220 e. The molecule has 0 aromatic heterocycles.